The summed E-state index contributed by atoms with van der Waals surface area (Å²) in [6, 6.07) is 0. The highest BCUT2D eigenvalue weighted by molar-refractivity contribution is 5.81. The molecule has 0 saturated carbocycles. The van der Waals surface area contributed by atoms with Gasteiger partial charge in [0, 0.05) is 13.1 Å². The van der Waals surface area contributed by atoms with Crippen molar-refractivity contribution in [2.75, 3.05) is 26.7 Å². The fraction of sp³-hybridized carbons (Fsp3) is 0.833. The molecule has 1 rings (SSSR count). The number of rotatable bonds is 5. The van der Waals surface area contributed by atoms with Crippen molar-refractivity contribution in [3.63, 3.8) is 0 Å². The summed E-state index contributed by atoms with van der Waals surface area (Å²) in [5.74, 6) is -0.867. The van der Waals surface area contributed by atoms with Gasteiger partial charge in [-0.15, -0.1) is 0 Å². The molecule has 0 bridgehead atoms. The van der Waals surface area contributed by atoms with Crippen LogP contribution in [0.3, 0.4) is 0 Å². The summed E-state index contributed by atoms with van der Waals surface area (Å²) in [7, 11) is 1.99. The quantitative estimate of drug-likeness (QED) is 0.739. The molecular formula is C12H22N2O3. The normalized spacial score (nSPS) is 24.3. The fourth-order valence-electron chi connectivity index (χ4n) is 1.93. The lowest BCUT2D eigenvalue weighted by atomic mass is 9.87. The second kappa shape index (κ2) is 5.49. The van der Waals surface area contributed by atoms with Crippen LogP contribution in [0.15, 0.2) is 0 Å². The van der Waals surface area contributed by atoms with E-state index in [1.54, 1.807) is 6.92 Å². The van der Waals surface area contributed by atoms with Crippen molar-refractivity contribution in [3.05, 3.63) is 0 Å². The third-order valence-electron chi connectivity index (χ3n) is 3.71. The average Bonchev–Trinajstić information content (AvgIpc) is 2.72. The molecule has 98 valence electrons. The largest absolute Gasteiger partial charge is 0.481 e. The highest BCUT2D eigenvalue weighted by Crippen LogP contribution is 2.21. The first kappa shape index (κ1) is 14.0. The van der Waals surface area contributed by atoms with E-state index in [9.17, 15) is 9.59 Å². The van der Waals surface area contributed by atoms with Gasteiger partial charge in [-0.2, -0.15) is 0 Å². The standard InChI is InChI=1S/C12H22N2O3/c1-4-12(2,11(16)17)8-13-10(15)9-5-6-14(3)7-9/h9H,4-8H2,1-3H3,(H,13,15)(H,16,17). The van der Waals surface area contributed by atoms with E-state index < -0.39 is 11.4 Å². The number of carboxylic acids is 1. The van der Waals surface area contributed by atoms with Crippen LogP contribution >= 0.6 is 0 Å². The van der Waals surface area contributed by atoms with Gasteiger partial charge in [-0.05, 0) is 33.4 Å². The van der Waals surface area contributed by atoms with Gasteiger partial charge in [-0.1, -0.05) is 6.92 Å². The van der Waals surface area contributed by atoms with E-state index in [1.807, 2.05) is 14.0 Å². The molecule has 5 nitrogen and oxygen atoms in total. The topological polar surface area (TPSA) is 69.6 Å². The molecular weight excluding hydrogens is 220 g/mol. The molecule has 1 heterocycles. The molecule has 2 N–H and O–H groups in total. The molecule has 0 aliphatic carbocycles. The number of hydrogen-bond acceptors (Lipinski definition) is 3. The fourth-order valence-corrected chi connectivity index (χ4v) is 1.93. The molecule has 1 amide bonds. The molecule has 0 spiro atoms. The van der Waals surface area contributed by atoms with E-state index in [1.165, 1.54) is 0 Å². The molecule has 1 aliphatic heterocycles. The second-order valence-corrected chi connectivity index (χ2v) is 5.19. The van der Waals surface area contributed by atoms with Gasteiger partial charge in [0.2, 0.25) is 5.91 Å². The Balaban J connectivity index is 2.45. The molecule has 0 aromatic carbocycles. The Bertz CT molecular complexity index is 306. The van der Waals surface area contributed by atoms with Crippen LogP contribution in [0.2, 0.25) is 0 Å². The number of aliphatic carboxylic acids is 1. The molecule has 2 atom stereocenters. The Hall–Kier alpha value is -1.10. The van der Waals surface area contributed by atoms with E-state index in [0.717, 1.165) is 19.5 Å². The number of carboxylic acid groups (broad SMARTS) is 1. The number of hydrogen-bond donors (Lipinski definition) is 2. The molecule has 0 aromatic rings. The van der Waals surface area contributed by atoms with Gasteiger partial charge in [0.25, 0.3) is 0 Å². The summed E-state index contributed by atoms with van der Waals surface area (Å²) in [6.07, 6.45) is 1.37. The first-order chi connectivity index (χ1) is 7.89. The minimum absolute atomic E-state index is 0.00917. The highest BCUT2D eigenvalue weighted by Gasteiger charge is 2.33. The van der Waals surface area contributed by atoms with Crippen molar-refractivity contribution in [2.24, 2.45) is 11.3 Å². The smallest absolute Gasteiger partial charge is 0.311 e. The Morgan fingerprint density at radius 1 is 1.53 bits per heavy atom. The zero-order chi connectivity index (χ0) is 13.1. The number of carbonyl (C=O) groups excluding carboxylic acids is 1. The maximum absolute atomic E-state index is 11.8. The summed E-state index contributed by atoms with van der Waals surface area (Å²) >= 11 is 0. The lowest BCUT2D eigenvalue weighted by Gasteiger charge is -2.24. The van der Waals surface area contributed by atoms with Crippen molar-refractivity contribution in [3.8, 4) is 0 Å². The SMILES string of the molecule is CCC(C)(CNC(=O)C1CCN(C)C1)C(=O)O. The Labute approximate surface area is 102 Å². The molecule has 0 aromatic heterocycles. The molecule has 5 heteroatoms. The third-order valence-corrected chi connectivity index (χ3v) is 3.71. The van der Waals surface area contributed by atoms with Gasteiger partial charge in [0.15, 0.2) is 0 Å². The van der Waals surface area contributed by atoms with Crippen molar-refractivity contribution in [2.45, 2.75) is 26.7 Å². The van der Waals surface area contributed by atoms with Crippen LogP contribution in [0.1, 0.15) is 26.7 Å². The summed E-state index contributed by atoms with van der Waals surface area (Å²) in [5.41, 5.74) is -0.861. The van der Waals surface area contributed by atoms with E-state index in [4.69, 9.17) is 5.11 Å². The summed E-state index contributed by atoms with van der Waals surface area (Å²) in [5, 5.41) is 11.9. The van der Waals surface area contributed by atoms with Crippen LogP contribution in [-0.4, -0.2) is 48.6 Å². The van der Waals surface area contributed by atoms with Crippen LogP contribution in [-0.2, 0) is 9.59 Å². The van der Waals surface area contributed by atoms with E-state index in [-0.39, 0.29) is 18.4 Å². The summed E-state index contributed by atoms with van der Waals surface area (Å²) in [4.78, 5) is 25.0. The predicted molar refractivity (Wildman–Crippen MR) is 64.6 cm³/mol. The third kappa shape index (κ3) is 3.43. The van der Waals surface area contributed by atoms with Gasteiger partial charge in [0.05, 0.1) is 11.3 Å². The first-order valence-electron chi connectivity index (χ1n) is 6.08. The molecule has 1 fully saturated rings. The number of nitrogens with zero attached hydrogens (tertiary/aromatic N) is 1. The van der Waals surface area contributed by atoms with Gasteiger partial charge in [0.1, 0.15) is 0 Å². The van der Waals surface area contributed by atoms with Gasteiger partial charge < -0.3 is 15.3 Å². The van der Waals surface area contributed by atoms with E-state index in [2.05, 4.69) is 10.2 Å². The number of nitrogens with one attached hydrogen (secondary N) is 1. The monoisotopic (exact) mass is 242 g/mol. The molecule has 0 radical (unpaired) electrons. The molecule has 1 aliphatic rings. The second-order valence-electron chi connectivity index (χ2n) is 5.19. The Kier molecular flexibility index (Phi) is 4.51. The zero-order valence-electron chi connectivity index (χ0n) is 10.8. The maximum atomic E-state index is 11.8. The van der Waals surface area contributed by atoms with Gasteiger partial charge in [-0.25, -0.2) is 0 Å². The van der Waals surface area contributed by atoms with Crippen molar-refractivity contribution in [1.82, 2.24) is 10.2 Å². The predicted octanol–water partition coefficient (Wildman–Crippen LogP) is 0.555. The minimum atomic E-state index is -0.861. The van der Waals surface area contributed by atoms with Crippen LogP contribution in [0.4, 0.5) is 0 Å². The highest BCUT2D eigenvalue weighted by atomic mass is 16.4. The molecule has 17 heavy (non-hydrogen) atoms. The average molecular weight is 242 g/mol. The van der Waals surface area contributed by atoms with Crippen LogP contribution in [0.5, 0.6) is 0 Å². The van der Waals surface area contributed by atoms with Crippen LogP contribution < -0.4 is 5.32 Å². The van der Waals surface area contributed by atoms with Crippen molar-refractivity contribution in [1.29, 1.82) is 0 Å². The summed E-state index contributed by atoms with van der Waals surface area (Å²) < 4.78 is 0. The minimum Gasteiger partial charge on any atom is -0.481 e. The lowest BCUT2D eigenvalue weighted by Crippen LogP contribution is -2.43. The van der Waals surface area contributed by atoms with Crippen LogP contribution in [0, 0.1) is 11.3 Å². The number of likely N-dealkylation sites (tertiary alicyclic amines) is 1. The van der Waals surface area contributed by atoms with Gasteiger partial charge >= 0.3 is 5.97 Å². The Morgan fingerprint density at radius 3 is 2.59 bits per heavy atom. The zero-order valence-corrected chi connectivity index (χ0v) is 10.8. The van der Waals surface area contributed by atoms with Crippen molar-refractivity contribution < 1.29 is 14.7 Å². The summed E-state index contributed by atoms with van der Waals surface area (Å²) in [6.45, 7) is 5.39. The molecule has 2 unspecified atom stereocenters. The Morgan fingerprint density at radius 2 is 2.18 bits per heavy atom. The first-order valence-corrected chi connectivity index (χ1v) is 6.08. The number of carbonyl (C=O) groups is 2. The van der Waals surface area contributed by atoms with Crippen molar-refractivity contribution >= 4 is 11.9 Å². The van der Waals surface area contributed by atoms with E-state index >= 15 is 0 Å². The van der Waals surface area contributed by atoms with Gasteiger partial charge in [-0.3, -0.25) is 9.59 Å². The van der Waals surface area contributed by atoms with Crippen LogP contribution in [0.25, 0.3) is 0 Å². The number of amides is 1. The maximum Gasteiger partial charge on any atom is 0.311 e. The molecule has 1 saturated heterocycles. The lowest BCUT2D eigenvalue weighted by molar-refractivity contribution is -0.148. The van der Waals surface area contributed by atoms with E-state index in [0.29, 0.717) is 6.42 Å².